The number of hydrogen-bond donors (Lipinski definition) is 0. The van der Waals surface area contributed by atoms with Crippen molar-refractivity contribution >= 4 is 6.29 Å². The molecule has 0 aliphatic heterocycles. The Kier molecular flexibility index (Phi) is 3.55. The fraction of sp³-hybridized carbons (Fsp3) is 0.286. The fourth-order valence-corrected chi connectivity index (χ4v) is 2.02. The molecule has 1 heterocycles. The summed E-state index contributed by atoms with van der Waals surface area (Å²) in [4.78, 5) is 15.4. The number of aryl methyl sites for hydroxylation is 2. The first kappa shape index (κ1) is 13.1. The van der Waals surface area contributed by atoms with Crippen LogP contribution in [0, 0.1) is 6.92 Å². The van der Waals surface area contributed by atoms with Gasteiger partial charge in [0, 0.05) is 12.6 Å². The van der Waals surface area contributed by atoms with Crippen molar-refractivity contribution in [2.24, 2.45) is 7.05 Å². The summed E-state index contributed by atoms with van der Waals surface area (Å²) in [5, 5.41) is 0. The van der Waals surface area contributed by atoms with Crippen LogP contribution in [0.15, 0.2) is 18.5 Å². The molecule has 0 saturated carbocycles. The molecule has 0 bridgehead atoms. The van der Waals surface area contributed by atoms with E-state index < -0.39 is 0 Å². The number of carbonyl (C=O) groups is 1. The Hall–Kier alpha value is -2.30. The van der Waals surface area contributed by atoms with Gasteiger partial charge in [-0.3, -0.25) is 4.79 Å². The zero-order chi connectivity index (χ0) is 14.0. The average Bonchev–Trinajstić information content (AvgIpc) is 2.79. The first-order valence-corrected chi connectivity index (χ1v) is 5.81. The van der Waals surface area contributed by atoms with Crippen molar-refractivity contribution in [1.82, 2.24) is 9.55 Å². The number of hydrogen-bond acceptors (Lipinski definition) is 4. The van der Waals surface area contributed by atoms with Crippen LogP contribution < -0.4 is 9.47 Å². The van der Waals surface area contributed by atoms with E-state index in [-0.39, 0.29) is 0 Å². The summed E-state index contributed by atoms with van der Waals surface area (Å²) in [6, 6.07) is 3.71. The van der Waals surface area contributed by atoms with Gasteiger partial charge in [0.25, 0.3) is 0 Å². The van der Waals surface area contributed by atoms with Gasteiger partial charge in [-0.05, 0) is 24.6 Å². The maximum Gasteiger partial charge on any atom is 0.168 e. The maximum absolute atomic E-state index is 11.2. The largest absolute Gasteiger partial charge is 0.496 e. The zero-order valence-electron chi connectivity index (χ0n) is 11.4. The molecule has 0 amide bonds. The van der Waals surface area contributed by atoms with E-state index in [9.17, 15) is 4.79 Å². The third-order valence-corrected chi connectivity index (χ3v) is 3.07. The summed E-state index contributed by atoms with van der Waals surface area (Å²) in [7, 11) is 4.98. The lowest BCUT2D eigenvalue weighted by atomic mass is 10.1. The number of aromatic nitrogens is 2. The van der Waals surface area contributed by atoms with Crippen LogP contribution in [0.1, 0.15) is 16.1 Å². The molecule has 0 aliphatic rings. The van der Waals surface area contributed by atoms with E-state index in [1.807, 2.05) is 19.1 Å². The monoisotopic (exact) mass is 260 g/mol. The molecule has 100 valence electrons. The first-order valence-electron chi connectivity index (χ1n) is 5.81. The molecule has 2 aromatic rings. The molecule has 1 aromatic heterocycles. The van der Waals surface area contributed by atoms with Crippen LogP contribution in [-0.4, -0.2) is 30.1 Å². The highest BCUT2D eigenvalue weighted by Gasteiger charge is 2.17. The van der Waals surface area contributed by atoms with E-state index in [1.54, 1.807) is 32.2 Å². The maximum atomic E-state index is 11.2. The van der Waals surface area contributed by atoms with Crippen LogP contribution in [0.25, 0.3) is 11.3 Å². The van der Waals surface area contributed by atoms with E-state index in [4.69, 9.17) is 9.47 Å². The van der Waals surface area contributed by atoms with Crippen molar-refractivity contribution in [1.29, 1.82) is 0 Å². The van der Waals surface area contributed by atoms with Gasteiger partial charge in [0.1, 0.15) is 22.9 Å². The van der Waals surface area contributed by atoms with Gasteiger partial charge in [0.2, 0.25) is 0 Å². The van der Waals surface area contributed by atoms with Gasteiger partial charge in [-0.25, -0.2) is 4.98 Å². The van der Waals surface area contributed by atoms with Crippen molar-refractivity contribution in [3.8, 4) is 22.8 Å². The van der Waals surface area contributed by atoms with E-state index in [1.165, 1.54) is 0 Å². The Labute approximate surface area is 111 Å². The topological polar surface area (TPSA) is 53.4 Å². The first-order chi connectivity index (χ1) is 9.12. The number of nitrogens with zero attached hydrogens (tertiary/aromatic N) is 2. The minimum atomic E-state index is 0.504. The van der Waals surface area contributed by atoms with E-state index in [0.29, 0.717) is 17.1 Å². The van der Waals surface area contributed by atoms with Gasteiger partial charge < -0.3 is 14.0 Å². The van der Waals surface area contributed by atoms with Gasteiger partial charge in [-0.2, -0.15) is 0 Å². The standard InChI is InChI=1S/C14H16N2O3/c1-9-5-13(19-4)10(6-12(9)18-3)14-11(7-17)16(2)8-15-14/h5-8H,1-4H3. The smallest absolute Gasteiger partial charge is 0.168 e. The molecule has 0 saturated heterocycles. The highest BCUT2D eigenvalue weighted by atomic mass is 16.5. The molecule has 1 aromatic carbocycles. The number of methoxy groups -OCH3 is 2. The normalized spacial score (nSPS) is 10.3. The zero-order valence-corrected chi connectivity index (χ0v) is 11.4. The van der Waals surface area contributed by atoms with Crippen LogP contribution in [-0.2, 0) is 7.05 Å². The summed E-state index contributed by atoms with van der Waals surface area (Å²) in [5.74, 6) is 1.40. The van der Waals surface area contributed by atoms with Gasteiger partial charge in [-0.1, -0.05) is 0 Å². The second kappa shape index (κ2) is 5.14. The van der Waals surface area contributed by atoms with Crippen molar-refractivity contribution in [2.45, 2.75) is 6.92 Å². The Bertz CT molecular complexity index is 617. The highest BCUT2D eigenvalue weighted by Crippen LogP contribution is 2.36. The second-order valence-corrected chi connectivity index (χ2v) is 4.23. The van der Waals surface area contributed by atoms with Crippen LogP contribution >= 0.6 is 0 Å². The molecular weight excluding hydrogens is 244 g/mol. The number of aldehydes is 1. The Morgan fingerprint density at radius 1 is 1.21 bits per heavy atom. The molecule has 19 heavy (non-hydrogen) atoms. The lowest BCUT2D eigenvalue weighted by molar-refractivity contribution is 0.111. The third-order valence-electron chi connectivity index (χ3n) is 3.07. The number of carbonyl (C=O) groups excluding carboxylic acids is 1. The molecular formula is C14H16N2O3. The van der Waals surface area contributed by atoms with Crippen molar-refractivity contribution in [3.05, 3.63) is 29.7 Å². The minimum absolute atomic E-state index is 0.504. The summed E-state index contributed by atoms with van der Waals surface area (Å²) >= 11 is 0. The molecule has 5 nitrogen and oxygen atoms in total. The van der Waals surface area contributed by atoms with E-state index in [0.717, 1.165) is 23.2 Å². The fourth-order valence-electron chi connectivity index (χ4n) is 2.02. The average molecular weight is 260 g/mol. The van der Waals surface area contributed by atoms with Gasteiger partial charge in [0.15, 0.2) is 6.29 Å². The number of benzene rings is 1. The molecule has 0 aliphatic carbocycles. The highest BCUT2D eigenvalue weighted by molar-refractivity contribution is 5.86. The Morgan fingerprint density at radius 3 is 2.47 bits per heavy atom. The van der Waals surface area contributed by atoms with Crippen LogP contribution in [0.2, 0.25) is 0 Å². The Morgan fingerprint density at radius 2 is 1.89 bits per heavy atom. The number of rotatable bonds is 4. The molecule has 0 N–H and O–H groups in total. The summed E-state index contributed by atoms with van der Waals surface area (Å²) in [5.41, 5.74) is 2.80. The van der Waals surface area contributed by atoms with Crippen LogP contribution in [0.4, 0.5) is 0 Å². The van der Waals surface area contributed by atoms with Crippen LogP contribution in [0.5, 0.6) is 11.5 Å². The van der Waals surface area contributed by atoms with Gasteiger partial charge in [0.05, 0.1) is 20.5 Å². The predicted molar refractivity (Wildman–Crippen MR) is 71.9 cm³/mol. The van der Waals surface area contributed by atoms with Gasteiger partial charge >= 0.3 is 0 Å². The minimum Gasteiger partial charge on any atom is -0.496 e. The number of ether oxygens (including phenoxy) is 2. The summed E-state index contributed by atoms with van der Waals surface area (Å²) in [6.07, 6.45) is 2.39. The summed E-state index contributed by atoms with van der Waals surface area (Å²) in [6.45, 7) is 1.93. The van der Waals surface area contributed by atoms with Crippen molar-refractivity contribution < 1.29 is 14.3 Å². The predicted octanol–water partition coefficient (Wildman–Crippen LogP) is 2.23. The molecule has 0 atom stereocenters. The van der Waals surface area contributed by atoms with E-state index in [2.05, 4.69) is 4.98 Å². The SMILES string of the molecule is COc1cc(-c2ncn(C)c2C=O)c(OC)cc1C. The third kappa shape index (κ3) is 2.19. The number of imidazole rings is 1. The molecule has 0 spiro atoms. The summed E-state index contributed by atoms with van der Waals surface area (Å²) < 4.78 is 12.4. The van der Waals surface area contributed by atoms with Crippen LogP contribution in [0.3, 0.4) is 0 Å². The van der Waals surface area contributed by atoms with Crippen molar-refractivity contribution in [2.75, 3.05) is 14.2 Å². The molecule has 0 fully saturated rings. The molecule has 5 heteroatoms. The lowest BCUT2D eigenvalue weighted by Crippen LogP contribution is -1.97. The quantitative estimate of drug-likeness (QED) is 0.791. The lowest BCUT2D eigenvalue weighted by Gasteiger charge is -2.12. The Balaban J connectivity index is 2.69. The second-order valence-electron chi connectivity index (χ2n) is 4.23. The van der Waals surface area contributed by atoms with Gasteiger partial charge in [-0.15, -0.1) is 0 Å². The molecule has 0 radical (unpaired) electrons. The molecule has 0 unspecified atom stereocenters. The molecule has 2 rings (SSSR count). The van der Waals surface area contributed by atoms with Crippen molar-refractivity contribution in [3.63, 3.8) is 0 Å². The van der Waals surface area contributed by atoms with E-state index >= 15 is 0 Å².